The van der Waals surface area contributed by atoms with Gasteiger partial charge in [-0.1, -0.05) is 42.0 Å². The van der Waals surface area contributed by atoms with Gasteiger partial charge in [-0.3, -0.25) is 14.9 Å². The molecule has 1 heterocycles. The SMILES string of the molecule is C=CCOc1c(Cl)cc(/C=C2\C(=O)NC(=O)N(c3ccc(C)cc3)C2=O)cc1Br. The van der Waals surface area contributed by atoms with Crippen LogP contribution < -0.4 is 15.0 Å². The summed E-state index contributed by atoms with van der Waals surface area (Å²) in [5, 5.41) is 2.48. The molecule has 0 aliphatic carbocycles. The second kappa shape index (κ2) is 8.63. The number of imide groups is 2. The summed E-state index contributed by atoms with van der Waals surface area (Å²) in [4.78, 5) is 38.4. The Morgan fingerprint density at radius 1 is 1.21 bits per heavy atom. The van der Waals surface area contributed by atoms with Gasteiger partial charge in [0.1, 0.15) is 12.2 Å². The van der Waals surface area contributed by atoms with Crippen LogP contribution in [0.1, 0.15) is 11.1 Å². The zero-order valence-corrected chi connectivity index (χ0v) is 17.7. The predicted molar refractivity (Wildman–Crippen MR) is 115 cm³/mol. The average molecular weight is 476 g/mol. The summed E-state index contributed by atoms with van der Waals surface area (Å²) in [6.45, 7) is 5.74. The van der Waals surface area contributed by atoms with Crippen LogP contribution in [0.5, 0.6) is 5.75 Å². The second-order valence-electron chi connectivity index (χ2n) is 6.21. The molecule has 2 aromatic rings. The quantitative estimate of drug-likeness (QED) is 0.388. The Morgan fingerprint density at radius 3 is 2.52 bits per heavy atom. The van der Waals surface area contributed by atoms with E-state index in [-0.39, 0.29) is 12.2 Å². The maximum atomic E-state index is 12.9. The van der Waals surface area contributed by atoms with Crippen molar-refractivity contribution >= 4 is 57.1 Å². The van der Waals surface area contributed by atoms with Crippen molar-refractivity contribution in [3.05, 3.63) is 75.2 Å². The van der Waals surface area contributed by atoms with Gasteiger partial charge in [0, 0.05) is 0 Å². The minimum Gasteiger partial charge on any atom is -0.487 e. The van der Waals surface area contributed by atoms with Crippen LogP contribution in [-0.2, 0) is 9.59 Å². The topological polar surface area (TPSA) is 75.7 Å². The molecule has 0 atom stereocenters. The van der Waals surface area contributed by atoms with Crippen molar-refractivity contribution in [3.8, 4) is 5.75 Å². The fourth-order valence-corrected chi connectivity index (χ4v) is 3.68. The van der Waals surface area contributed by atoms with Crippen molar-refractivity contribution in [2.75, 3.05) is 11.5 Å². The molecule has 4 amide bonds. The number of nitrogens with one attached hydrogen (secondary N) is 1. The van der Waals surface area contributed by atoms with Gasteiger partial charge in [0.05, 0.1) is 15.2 Å². The van der Waals surface area contributed by atoms with Crippen LogP contribution >= 0.6 is 27.5 Å². The number of nitrogens with zero attached hydrogens (tertiary/aromatic N) is 1. The van der Waals surface area contributed by atoms with E-state index in [0.29, 0.717) is 26.5 Å². The predicted octanol–water partition coefficient (Wildman–Crippen LogP) is 4.64. The second-order valence-corrected chi connectivity index (χ2v) is 7.47. The number of ether oxygens (including phenoxy) is 1. The molecule has 148 valence electrons. The number of rotatable bonds is 5. The molecule has 1 aliphatic heterocycles. The van der Waals surface area contributed by atoms with Crippen molar-refractivity contribution in [1.82, 2.24) is 5.32 Å². The van der Waals surface area contributed by atoms with Gasteiger partial charge in [-0.2, -0.15) is 0 Å². The summed E-state index contributed by atoms with van der Waals surface area (Å²) in [5.41, 5.74) is 1.64. The summed E-state index contributed by atoms with van der Waals surface area (Å²) in [5.74, 6) is -1.07. The molecule has 8 heteroatoms. The molecule has 1 fully saturated rings. The van der Waals surface area contributed by atoms with E-state index in [2.05, 4.69) is 27.8 Å². The zero-order chi connectivity index (χ0) is 21.1. The van der Waals surface area contributed by atoms with Crippen molar-refractivity contribution < 1.29 is 19.1 Å². The maximum absolute atomic E-state index is 12.9. The van der Waals surface area contributed by atoms with Gasteiger partial charge in [0.2, 0.25) is 0 Å². The summed E-state index contributed by atoms with van der Waals surface area (Å²) in [6, 6.07) is 9.24. The highest BCUT2D eigenvalue weighted by Crippen LogP contribution is 2.35. The van der Waals surface area contributed by atoms with Gasteiger partial charge < -0.3 is 4.74 Å². The number of benzene rings is 2. The van der Waals surface area contributed by atoms with Crippen LogP contribution in [0.15, 0.2) is 59.1 Å². The number of carbonyl (C=O) groups is 3. The van der Waals surface area contributed by atoms with Crippen LogP contribution in [0, 0.1) is 6.92 Å². The molecule has 29 heavy (non-hydrogen) atoms. The Kier molecular flexibility index (Phi) is 6.20. The number of amides is 4. The van der Waals surface area contributed by atoms with E-state index in [4.69, 9.17) is 16.3 Å². The van der Waals surface area contributed by atoms with Crippen molar-refractivity contribution in [2.45, 2.75) is 6.92 Å². The highest BCUT2D eigenvalue weighted by Gasteiger charge is 2.36. The first-order valence-corrected chi connectivity index (χ1v) is 9.69. The molecule has 0 radical (unpaired) electrons. The molecule has 1 aliphatic rings. The largest absolute Gasteiger partial charge is 0.487 e. The number of hydrogen-bond donors (Lipinski definition) is 1. The highest BCUT2D eigenvalue weighted by molar-refractivity contribution is 9.10. The molecule has 0 spiro atoms. The van der Waals surface area contributed by atoms with E-state index in [1.54, 1.807) is 42.5 Å². The highest BCUT2D eigenvalue weighted by atomic mass is 79.9. The lowest BCUT2D eigenvalue weighted by Gasteiger charge is -2.26. The molecule has 1 saturated heterocycles. The number of halogens is 2. The van der Waals surface area contributed by atoms with Crippen LogP contribution in [0.3, 0.4) is 0 Å². The van der Waals surface area contributed by atoms with Crippen molar-refractivity contribution in [3.63, 3.8) is 0 Å². The fraction of sp³-hybridized carbons (Fsp3) is 0.0952. The third-order valence-electron chi connectivity index (χ3n) is 4.07. The number of aryl methyl sites for hydroxylation is 1. The third-order valence-corrected chi connectivity index (χ3v) is 4.94. The van der Waals surface area contributed by atoms with Gasteiger partial charge in [-0.15, -0.1) is 0 Å². The first-order valence-electron chi connectivity index (χ1n) is 8.52. The fourth-order valence-electron chi connectivity index (χ4n) is 2.70. The molecule has 3 rings (SSSR count). The number of barbiturate groups is 1. The minimum atomic E-state index is -0.798. The molecular weight excluding hydrogens is 460 g/mol. The first kappa shape index (κ1) is 20.8. The smallest absolute Gasteiger partial charge is 0.335 e. The molecule has 0 aromatic heterocycles. The summed E-state index contributed by atoms with van der Waals surface area (Å²) >= 11 is 9.62. The summed E-state index contributed by atoms with van der Waals surface area (Å²) in [7, 11) is 0. The summed E-state index contributed by atoms with van der Waals surface area (Å²) < 4.78 is 6.04. The Morgan fingerprint density at radius 2 is 1.90 bits per heavy atom. The summed E-state index contributed by atoms with van der Waals surface area (Å²) in [6.07, 6.45) is 2.96. The minimum absolute atomic E-state index is 0.187. The van der Waals surface area contributed by atoms with E-state index in [1.807, 2.05) is 6.92 Å². The van der Waals surface area contributed by atoms with E-state index >= 15 is 0 Å². The standard InChI is InChI=1S/C21H16BrClN2O4/c1-3-8-29-18-16(22)10-13(11-17(18)23)9-15-19(26)24-21(28)25(20(15)27)14-6-4-12(2)5-7-14/h3-7,9-11H,1,8H2,2H3,(H,24,26,28)/b15-9+. The molecule has 0 unspecified atom stereocenters. The number of hydrogen-bond acceptors (Lipinski definition) is 4. The van der Waals surface area contributed by atoms with Gasteiger partial charge in [-0.25, -0.2) is 9.69 Å². The monoisotopic (exact) mass is 474 g/mol. The Balaban J connectivity index is 1.98. The van der Waals surface area contributed by atoms with Crippen LogP contribution in [0.4, 0.5) is 10.5 Å². The lowest BCUT2D eigenvalue weighted by atomic mass is 10.1. The van der Waals surface area contributed by atoms with E-state index < -0.39 is 17.8 Å². The third kappa shape index (κ3) is 4.41. The molecule has 0 bridgehead atoms. The zero-order valence-electron chi connectivity index (χ0n) is 15.4. The Hall–Kier alpha value is -2.90. The van der Waals surface area contributed by atoms with E-state index in [0.717, 1.165) is 10.5 Å². The van der Waals surface area contributed by atoms with Gasteiger partial charge >= 0.3 is 6.03 Å². The van der Waals surface area contributed by atoms with Crippen molar-refractivity contribution in [2.24, 2.45) is 0 Å². The number of carbonyl (C=O) groups excluding carboxylic acids is 3. The van der Waals surface area contributed by atoms with E-state index in [1.165, 1.54) is 6.08 Å². The van der Waals surface area contributed by atoms with Crippen LogP contribution in [0.25, 0.3) is 6.08 Å². The lowest BCUT2D eigenvalue weighted by Crippen LogP contribution is -2.54. The molecule has 6 nitrogen and oxygen atoms in total. The molecule has 1 N–H and O–H groups in total. The Bertz CT molecular complexity index is 1020. The average Bonchev–Trinajstić information content (AvgIpc) is 2.66. The van der Waals surface area contributed by atoms with Gasteiger partial charge in [0.15, 0.2) is 5.75 Å². The Labute approximate surface area is 180 Å². The maximum Gasteiger partial charge on any atom is 0.335 e. The van der Waals surface area contributed by atoms with E-state index in [9.17, 15) is 14.4 Å². The van der Waals surface area contributed by atoms with Gasteiger partial charge in [-0.05, 0) is 58.8 Å². The normalized spacial score (nSPS) is 15.5. The number of anilines is 1. The molecular formula is C21H16BrClN2O4. The lowest BCUT2D eigenvalue weighted by molar-refractivity contribution is -0.122. The van der Waals surface area contributed by atoms with Crippen LogP contribution in [-0.4, -0.2) is 24.5 Å². The molecule has 2 aromatic carbocycles. The number of urea groups is 1. The van der Waals surface area contributed by atoms with Gasteiger partial charge in [0.25, 0.3) is 11.8 Å². The van der Waals surface area contributed by atoms with Crippen molar-refractivity contribution in [1.29, 1.82) is 0 Å². The molecule has 0 saturated carbocycles. The van der Waals surface area contributed by atoms with Crippen LogP contribution in [0.2, 0.25) is 5.02 Å². The first-order chi connectivity index (χ1) is 13.8.